The van der Waals surface area contributed by atoms with E-state index in [4.69, 9.17) is 4.74 Å². The summed E-state index contributed by atoms with van der Waals surface area (Å²) in [6.07, 6.45) is 2.84. The minimum absolute atomic E-state index is 0.416. The fourth-order valence-corrected chi connectivity index (χ4v) is 4.67. The molecule has 0 aromatic carbocycles. The van der Waals surface area contributed by atoms with Gasteiger partial charge in [-0.2, -0.15) is 17.0 Å². The highest BCUT2D eigenvalue weighted by Gasteiger charge is 2.33. The van der Waals surface area contributed by atoms with E-state index in [9.17, 15) is 8.42 Å². The molecule has 2 heterocycles. The highest BCUT2D eigenvalue weighted by Crippen LogP contribution is 2.21. The quantitative estimate of drug-likeness (QED) is 0.809. The predicted molar refractivity (Wildman–Crippen MR) is 83.4 cm³/mol. The lowest BCUT2D eigenvalue weighted by molar-refractivity contribution is 0.147. The number of hydrogen-bond acceptors (Lipinski definition) is 4. The van der Waals surface area contributed by atoms with Gasteiger partial charge in [0.15, 0.2) is 0 Å². The van der Waals surface area contributed by atoms with Crippen molar-refractivity contribution in [3.05, 3.63) is 0 Å². The molecule has 0 aromatic heterocycles. The van der Waals surface area contributed by atoms with Crippen LogP contribution in [0.2, 0.25) is 0 Å². The Hall–Kier alpha value is -0.210. The Kier molecular flexibility index (Phi) is 6.43. The second-order valence-electron chi connectivity index (χ2n) is 6.30. The van der Waals surface area contributed by atoms with Crippen LogP contribution in [0.5, 0.6) is 0 Å². The summed E-state index contributed by atoms with van der Waals surface area (Å²) in [5.41, 5.74) is 0. The van der Waals surface area contributed by atoms with Crippen LogP contribution in [0.4, 0.5) is 0 Å². The van der Waals surface area contributed by atoms with Crippen LogP contribution < -0.4 is 5.32 Å². The Morgan fingerprint density at radius 3 is 2.67 bits per heavy atom. The fraction of sp³-hybridized carbons (Fsp3) is 1.00. The zero-order valence-corrected chi connectivity index (χ0v) is 14.1. The van der Waals surface area contributed by atoms with Crippen molar-refractivity contribution in [3.8, 4) is 0 Å². The number of hydrogen-bond donors (Lipinski definition) is 1. The van der Waals surface area contributed by atoms with Gasteiger partial charge in [0.25, 0.3) is 10.2 Å². The van der Waals surface area contributed by atoms with Crippen LogP contribution in [0.25, 0.3) is 0 Å². The van der Waals surface area contributed by atoms with E-state index in [2.05, 4.69) is 19.2 Å². The Morgan fingerprint density at radius 1 is 1.14 bits per heavy atom. The smallest absolute Gasteiger partial charge is 0.282 e. The standard InChI is InChI=1S/C14H29N3O3S/c1-13(2)15-11-14-5-3-6-17(12-14)21(18,19)16-7-4-9-20-10-8-16/h13-15H,3-12H2,1-2H3. The number of rotatable bonds is 5. The van der Waals surface area contributed by atoms with Gasteiger partial charge in [0.05, 0.1) is 6.61 Å². The number of piperidine rings is 1. The fourth-order valence-electron chi connectivity index (χ4n) is 2.92. The number of nitrogens with zero attached hydrogens (tertiary/aromatic N) is 2. The molecule has 124 valence electrons. The van der Waals surface area contributed by atoms with Gasteiger partial charge in [0.1, 0.15) is 0 Å². The molecule has 2 aliphatic heterocycles. The maximum absolute atomic E-state index is 12.8. The summed E-state index contributed by atoms with van der Waals surface area (Å²) in [5.74, 6) is 0.416. The van der Waals surface area contributed by atoms with Crippen LogP contribution in [0.1, 0.15) is 33.1 Å². The topological polar surface area (TPSA) is 61.9 Å². The lowest BCUT2D eigenvalue weighted by Crippen LogP contribution is -2.50. The zero-order valence-electron chi connectivity index (χ0n) is 13.3. The molecule has 1 atom stereocenters. The molecule has 0 spiro atoms. The summed E-state index contributed by atoms with van der Waals surface area (Å²) in [5, 5.41) is 3.42. The van der Waals surface area contributed by atoms with Crippen LogP contribution in [-0.2, 0) is 14.9 Å². The molecule has 2 saturated heterocycles. The van der Waals surface area contributed by atoms with Crippen molar-refractivity contribution in [1.29, 1.82) is 0 Å². The van der Waals surface area contributed by atoms with Gasteiger partial charge in [-0.25, -0.2) is 0 Å². The average Bonchev–Trinajstić information content (AvgIpc) is 2.75. The molecule has 0 radical (unpaired) electrons. The third-order valence-electron chi connectivity index (χ3n) is 4.13. The van der Waals surface area contributed by atoms with E-state index in [-0.39, 0.29) is 0 Å². The van der Waals surface area contributed by atoms with E-state index in [1.54, 1.807) is 8.61 Å². The van der Waals surface area contributed by atoms with Gasteiger partial charge in [-0.3, -0.25) is 0 Å². The summed E-state index contributed by atoms with van der Waals surface area (Å²) in [4.78, 5) is 0. The van der Waals surface area contributed by atoms with Crippen molar-refractivity contribution in [2.24, 2.45) is 5.92 Å². The first kappa shape index (κ1) is 17.1. The molecule has 7 heteroatoms. The maximum atomic E-state index is 12.8. The first-order valence-corrected chi connectivity index (χ1v) is 9.46. The van der Waals surface area contributed by atoms with Crippen LogP contribution >= 0.6 is 0 Å². The number of ether oxygens (including phenoxy) is 1. The lowest BCUT2D eigenvalue weighted by atomic mass is 9.99. The SMILES string of the molecule is CC(C)NCC1CCCN(S(=O)(=O)N2CCCOCC2)C1. The van der Waals surface area contributed by atoms with E-state index in [0.29, 0.717) is 51.4 Å². The summed E-state index contributed by atoms with van der Waals surface area (Å²) >= 11 is 0. The first-order valence-electron chi connectivity index (χ1n) is 8.06. The Labute approximate surface area is 129 Å². The Balaban J connectivity index is 1.95. The Bertz CT molecular complexity index is 406. The van der Waals surface area contributed by atoms with E-state index in [1.165, 1.54) is 0 Å². The molecule has 0 amide bonds. The van der Waals surface area contributed by atoms with E-state index >= 15 is 0 Å². The van der Waals surface area contributed by atoms with Gasteiger partial charge >= 0.3 is 0 Å². The van der Waals surface area contributed by atoms with Crippen molar-refractivity contribution in [2.45, 2.75) is 39.2 Å². The highest BCUT2D eigenvalue weighted by molar-refractivity contribution is 7.86. The molecule has 2 aliphatic rings. The normalized spacial score (nSPS) is 26.9. The minimum atomic E-state index is -3.32. The van der Waals surface area contributed by atoms with Crippen molar-refractivity contribution in [2.75, 3.05) is 45.9 Å². The third-order valence-corrected chi connectivity index (χ3v) is 6.13. The summed E-state index contributed by atoms with van der Waals surface area (Å²) < 4.78 is 34.1. The van der Waals surface area contributed by atoms with Gasteiger partial charge in [-0.15, -0.1) is 0 Å². The van der Waals surface area contributed by atoms with Gasteiger partial charge in [0, 0.05) is 38.8 Å². The van der Waals surface area contributed by atoms with Crippen LogP contribution in [0.3, 0.4) is 0 Å². The van der Waals surface area contributed by atoms with Crippen LogP contribution in [0, 0.1) is 5.92 Å². The van der Waals surface area contributed by atoms with Crippen molar-refractivity contribution in [1.82, 2.24) is 13.9 Å². The molecular formula is C14H29N3O3S. The summed E-state index contributed by atoms with van der Waals surface area (Å²) in [6.45, 7) is 8.65. The van der Waals surface area contributed by atoms with Crippen LogP contribution in [0.15, 0.2) is 0 Å². The average molecular weight is 319 g/mol. The second kappa shape index (κ2) is 7.87. The minimum Gasteiger partial charge on any atom is -0.380 e. The number of nitrogens with one attached hydrogen (secondary N) is 1. The van der Waals surface area contributed by atoms with E-state index < -0.39 is 10.2 Å². The predicted octanol–water partition coefficient (Wildman–Crippen LogP) is 0.664. The van der Waals surface area contributed by atoms with Gasteiger partial charge in [0.2, 0.25) is 0 Å². The summed E-state index contributed by atoms with van der Waals surface area (Å²) in [7, 11) is -3.32. The molecule has 0 aliphatic carbocycles. The van der Waals surface area contributed by atoms with Crippen molar-refractivity contribution in [3.63, 3.8) is 0 Å². The van der Waals surface area contributed by atoms with Gasteiger partial charge < -0.3 is 10.1 Å². The van der Waals surface area contributed by atoms with Crippen LogP contribution in [-0.4, -0.2) is 69.0 Å². The molecule has 0 saturated carbocycles. The molecule has 2 fully saturated rings. The summed E-state index contributed by atoms with van der Waals surface area (Å²) in [6, 6.07) is 0.444. The molecule has 0 bridgehead atoms. The zero-order chi connectivity index (χ0) is 15.3. The van der Waals surface area contributed by atoms with E-state index in [1.807, 2.05) is 0 Å². The Morgan fingerprint density at radius 2 is 1.90 bits per heavy atom. The molecule has 0 aromatic rings. The van der Waals surface area contributed by atoms with E-state index in [0.717, 1.165) is 25.8 Å². The molecule has 2 rings (SSSR count). The lowest BCUT2D eigenvalue weighted by Gasteiger charge is -2.35. The van der Waals surface area contributed by atoms with Gasteiger partial charge in [-0.1, -0.05) is 13.8 Å². The molecule has 6 nitrogen and oxygen atoms in total. The molecular weight excluding hydrogens is 290 g/mol. The molecule has 21 heavy (non-hydrogen) atoms. The van der Waals surface area contributed by atoms with Crippen molar-refractivity contribution >= 4 is 10.2 Å². The first-order chi connectivity index (χ1) is 10.00. The van der Waals surface area contributed by atoms with Gasteiger partial charge in [-0.05, 0) is 31.7 Å². The molecule has 1 unspecified atom stereocenters. The van der Waals surface area contributed by atoms with Crippen molar-refractivity contribution < 1.29 is 13.2 Å². The largest absolute Gasteiger partial charge is 0.380 e. The highest BCUT2D eigenvalue weighted by atomic mass is 32.2. The molecule has 1 N–H and O–H groups in total. The third kappa shape index (κ3) is 4.89. The second-order valence-corrected chi connectivity index (χ2v) is 8.23. The monoisotopic (exact) mass is 319 g/mol. The maximum Gasteiger partial charge on any atom is 0.282 e.